The van der Waals surface area contributed by atoms with Crippen molar-refractivity contribution in [1.29, 1.82) is 0 Å². The number of sulfone groups is 1. The van der Waals surface area contributed by atoms with Crippen LogP contribution in [0.25, 0.3) is 0 Å². The molecule has 98 valence electrons. The van der Waals surface area contributed by atoms with Crippen molar-refractivity contribution >= 4 is 9.84 Å². The van der Waals surface area contributed by atoms with Gasteiger partial charge in [0.2, 0.25) is 0 Å². The first-order valence-corrected chi connectivity index (χ1v) is 7.69. The fraction of sp³-hybridized carbons (Fsp3) is 0.727. The summed E-state index contributed by atoms with van der Waals surface area (Å²) in [6, 6.07) is 1.54. The smallest absolute Gasteiger partial charge is 0.157 e. The number of hydrogen-bond donors (Lipinski definition) is 1. The third kappa shape index (κ3) is 4.12. The minimum absolute atomic E-state index is 0.0232. The molecule has 5 nitrogen and oxygen atoms in total. The number of nitrogens with zero attached hydrogens (tertiary/aromatic N) is 2. The predicted octanol–water partition coefficient (Wildman–Crippen LogP) is 0.864. The maximum Gasteiger partial charge on any atom is 0.157 e. The van der Waals surface area contributed by atoms with E-state index in [0.29, 0.717) is 13.0 Å². The van der Waals surface area contributed by atoms with Gasteiger partial charge in [0.1, 0.15) is 0 Å². The van der Waals surface area contributed by atoms with Crippen LogP contribution in [0.3, 0.4) is 0 Å². The fourth-order valence-corrected chi connectivity index (χ4v) is 3.41. The summed E-state index contributed by atoms with van der Waals surface area (Å²) in [5, 5.41) is 4.23. The summed E-state index contributed by atoms with van der Waals surface area (Å²) in [4.78, 5) is 0. The molecule has 6 heteroatoms. The summed E-state index contributed by atoms with van der Waals surface area (Å²) in [5.74, 6) is 0.0623. The molecule has 0 radical (unpaired) electrons. The van der Waals surface area contributed by atoms with Crippen LogP contribution in [0.1, 0.15) is 31.7 Å². The van der Waals surface area contributed by atoms with Crippen molar-refractivity contribution in [1.82, 2.24) is 9.78 Å². The SMILES string of the molecule is CCC(N)CS(=O)(=O)Cc1cc(C)nn1CC. The summed E-state index contributed by atoms with van der Waals surface area (Å²) in [6.45, 7) is 6.37. The highest BCUT2D eigenvalue weighted by molar-refractivity contribution is 7.90. The number of aryl methyl sites for hydroxylation is 2. The van der Waals surface area contributed by atoms with Gasteiger partial charge in [-0.3, -0.25) is 4.68 Å². The van der Waals surface area contributed by atoms with Crippen LogP contribution in [-0.4, -0.2) is 30.0 Å². The van der Waals surface area contributed by atoms with E-state index in [4.69, 9.17) is 5.73 Å². The molecular weight excluding hydrogens is 238 g/mol. The van der Waals surface area contributed by atoms with Gasteiger partial charge in [0, 0.05) is 12.6 Å². The molecule has 1 unspecified atom stereocenters. The van der Waals surface area contributed by atoms with Gasteiger partial charge < -0.3 is 5.73 Å². The first kappa shape index (κ1) is 14.2. The van der Waals surface area contributed by atoms with Crippen molar-refractivity contribution in [2.75, 3.05) is 5.75 Å². The lowest BCUT2D eigenvalue weighted by atomic mass is 10.3. The van der Waals surface area contributed by atoms with E-state index in [1.165, 1.54) is 0 Å². The molecule has 0 spiro atoms. The molecule has 0 amide bonds. The molecule has 0 saturated heterocycles. The molecule has 1 rings (SSSR count). The van der Waals surface area contributed by atoms with Crippen LogP contribution in [0.15, 0.2) is 6.07 Å². The van der Waals surface area contributed by atoms with Crippen LogP contribution >= 0.6 is 0 Å². The first-order valence-electron chi connectivity index (χ1n) is 5.87. The zero-order chi connectivity index (χ0) is 13.1. The third-order valence-corrected chi connectivity index (χ3v) is 4.32. The van der Waals surface area contributed by atoms with E-state index in [-0.39, 0.29) is 17.5 Å². The molecule has 1 heterocycles. The molecule has 0 saturated carbocycles. The summed E-state index contributed by atoms with van der Waals surface area (Å²) < 4.78 is 25.6. The molecule has 2 N–H and O–H groups in total. The standard InChI is InChI=1S/C11H21N3O2S/c1-4-10(12)7-17(15,16)8-11-6-9(3)13-14(11)5-2/h6,10H,4-5,7-8,12H2,1-3H3. The summed E-state index contributed by atoms with van der Waals surface area (Å²) >= 11 is 0. The topological polar surface area (TPSA) is 78.0 Å². The van der Waals surface area contributed by atoms with Crippen LogP contribution in [0.5, 0.6) is 0 Å². The van der Waals surface area contributed by atoms with Crippen molar-refractivity contribution in [2.24, 2.45) is 5.73 Å². The Bertz CT molecular complexity index is 465. The molecule has 1 aromatic heterocycles. The van der Waals surface area contributed by atoms with Crippen LogP contribution in [0, 0.1) is 6.92 Å². The maximum atomic E-state index is 11.9. The third-order valence-electron chi connectivity index (χ3n) is 2.65. The number of rotatable bonds is 6. The Kier molecular flexibility index (Phi) is 4.70. The van der Waals surface area contributed by atoms with E-state index >= 15 is 0 Å². The van der Waals surface area contributed by atoms with E-state index in [1.807, 2.05) is 26.8 Å². The average Bonchev–Trinajstić information content (AvgIpc) is 2.56. The summed E-state index contributed by atoms with van der Waals surface area (Å²) in [7, 11) is -3.15. The molecule has 0 aromatic carbocycles. The lowest BCUT2D eigenvalue weighted by Crippen LogP contribution is -2.29. The quantitative estimate of drug-likeness (QED) is 0.822. The highest BCUT2D eigenvalue weighted by Crippen LogP contribution is 2.10. The Hall–Kier alpha value is -0.880. The minimum Gasteiger partial charge on any atom is -0.327 e. The van der Waals surface area contributed by atoms with Gasteiger partial charge in [0.25, 0.3) is 0 Å². The number of nitrogens with two attached hydrogens (primary N) is 1. The predicted molar refractivity (Wildman–Crippen MR) is 68.4 cm³/mol. The van der Waals surface area contributed by atoms with E-state index < -0.39 is 9.84 Å². The monoisotopic (exact) mass is 259 g/mol. The minimum atomic E-state index is -3.15. The van der Waals surface area contributed by atoms with E-state index in [1.54, 1.807) is 4.68 Å². The molecule has 0 aliphatic carbocycles. The normalized spacial score (nSPS) is 13.9. The highest BCUT2D eigenvalue weighted by atomic mass is 32.2. The van der Waals surface area contributed by atoms with Crippen molar-refractivity contribution in [2.45, 2.75) is 45.5 Å². The van der Waals surface area contributed by atoms with Crippen LogP contribution in [0.2, 0.25) is 0 Å². The van der Waals surface area contributed by atoms with Gasteiger partial charge in [-0.05, 0) is 26.3 Å². The largest absolute Gasteiger partial charge is 0.327 e. The van der Waals surface area contributed by atoms with Gasteiger partial charge in [0.05, 0.1) is 22.9 Å². The Morgan fingerprint density at radius 2 is 2.12 bits per heavy atom. The van der Waals surface area contributed by atoms with Gasteiger partial charge >= 0.3 is 0 Å². The van der Waals surface area contributed by atoms with Crippen LogP contribution < -0.4 is 5.73 Å². The molecule has 0 bridgehead atoms. The van der Waals surface area contributed by atoms with E-state index in [0.717, 1.165) is 11.4 Å². The first-order chi connectivity index (χ1) is 7.88. The lowest BCUT2D eigenvalue weighted by Gasteiger charge is -2.10. The summed E-state index contributed by atoms with van der Waals surface area (Å²) in [5.41, 5.74) is 7.28. The number of aromatic nitrogens is 2. The summed E-state index contributed by atoms with van der Waals surface area (Å²) in [6.07, 6.45) is 0.672. The zero-order valence-corrected chi connectivity index (χ0v) is 11.5. The second-order valence-electron chi connectivity index (χ2n) is 4.32. The second-order valence-corrected chi connectivity index (χ2v) is 6.42. The fourth-order valence-electron chi connectivity index (χ4n) is 1.72. The zero-order valence-electron chi connectivity index (χ0n) is 10.7. The van der Waals surface area contributed by atoms with Crippen LogP contribution in [0.4, 0.5) is 0 Å². The average molecular weight is 259 g/mol. The van der Waals surface area contributed by atoms with Crippen LogP contribution in [-0.2, 0) is 22.1 Å². The van der Waals surface area contributed by atoms with Gasteiger partial charge in [-0.25, -0.2) is 8.42 Å². The van der Waals surface area contributed by atoms with Crippen molar-refractivity contribution in [3.8, 4) is 0 Å². The van der Waals surface area contributed by atoms with Crippen molar-refractivity contribution in [3.63, 3.8) is 0 Å². The molecule has 17 heavy (non-hydrogen) atoms. The van der Waals surface area contributed by atoms with E-state index in [9.17, 15) is 8.42 Å². The molecule has 1 aromatic rings. The van der Waals surface area contributed by atoms with E-state index in [2.05, 4.69) is 5.10 Å². The molecular formula is C11H21N3O2S. The Morgan fingerprint density at radius 1 is 1.47 bits per heavy atom. The Labute approximate surface area is 103 Å². The second kappa shape index (κ2) is 5.64. The molecule has 0 aliphatic rings. The number of hydrogen-bond acceptors (Lipinski definition) is 4. The van der Waals surface area contributed by atoms with Crippen molar-refractivity contribution < 1.29 is 8.42 Å². The van der Waals surface area contributed by atoms with Gasteiger partial charge in [-0.15, -0.1) is 0 Å². The van der Waals surface area contributed by atoms with Gasteiger partial charge in [0.15, 0.2) is 9.84 Å². The Morgan fingerprint density at radius 3 is 2.65 bits per heavy atom. The molecule has 0 aliphatic heterocycles. The molecule has 1 atom stereocenters. The van der Waals surface area contributed by atoms with Crippen molar-refractivity contribution in [3.05, 3.63) is 17.5 Å². The highest BCUT2D eigenvalue weighted by Gasteiger charge is 2.18. The van der Waals surface area contributed by atoms with Gasteiger partial charge in [-0.2, -0.15) is 5.10 Å². The molecule has 0 fully saturated rings. The van der Waals surface area contributed by atoms with Gasteiger partial charge in [-0.1, -0.05) is 6.92 Å². The Balaban J connectivity index is 2.82. The maximum absolute atomic E-state index is 11.9. The lowest BCUT2D eigenvalue weighted by molar-refractivity contribution is 0.575.